The van der Waals surface area contributed by atoms with Crippen molar-refractivity contribution in [1.82, 2.24) is 5.32 Å². The highest BCUT2D eigenvalue weighted by Crippen LogP contribution is 2.42. The number of nitrogens with zero attached hydrogens (tertiary/aromatic N) is 1. The molecular weight excluding hydrogens is 581 g/mol. The van der Waals surface area contributed by atoms with E-state index in [1.807, 2.05) is 0 Å². The zero-order valence-electron chi connectivity index (χ0n) is 18.4. The van der Waals surface area contributed by atoms with Gasteiger partial charge in [0.15, 0.2) is 0 Å². The van der Waals surface area contributed by atoms with E-state index in [0.29, 0.717) is 31.5 Å². The molecule has 0 aliphatic carbocycles. The zero-order chi connectivity index (χ0) is 25.7. The Bertz CT molecular complexity index is 1240. The monoisotopic (exact) mass is 597 g/mol. The number of benzene rings is 2. The van der Waals surface area contributed by atoms with Crippen molar-refractivity contribution >= 4 is 74.4 Å². The number of hydrogen-bond donors (Lipinski definition) is 2. The molecule has 35 heavy (non-hydrogen) atoms. The maximum absolute atomic E-state index is 12.9. The lowest BCUT2D eigenvalue weighted by Crippen LogP contribution is -2.44. The van der Waals surface area contributed by atoms with Crippen molar-refractivity contribution in [1.29, 1.82) is 5.26 Å². The van der Waals surface area contributed by atoms with E-state index >= 15 is 0 Å². The summed E-state index contributed by atoms with van der Waals surface area (Å²) in [5.74, 6) is -3.65. The summed E-state index contributed by atoms with van der Waals surface area (Å²) in [7, 11) is 2.67. The first-order valence-electron chi connectivity index (χ1n) is 9.93. The maximum Gasteiger partial charge on any atom is 0.319 e. The molecule has 1 aliphatic rings. The first-order chi connectivity index (χ1) is 16.7. The number of anilines is 1. The van der Waals surface area contributed by atoms with Crippen molar-refractivity contribution < 1.29 is 23.9 Å². The molecule has 2 amide bonds. The molecule has 0 saturated carbocycles. The minimum atomic E-state index is -1.29. The number of rotatable bonds is 7. The molecule has 0 unspecified atom stereocenters. The summed E-state index contributed by atoms with van der Waals surface area (Å²) < 4.78 is 10.7. The van der Waals surface area contributed by atoms with Crippen molar-refractivity contribution in [2.75, 3.05) is 25.3 Å². The van der Waals surface area contributed by atoms with Gasteiger partial charge >= 0.3 is 5.97 Å². The molecule has 2 atom stereocenters. The number of hydrogen-bond acceptors (Lipinski definition) is 7. The average Bonchev–Trinajstić information content (AvgIpc) is 2.81. The Kier molecular flexibility index (Phi) is 9.08. The second kappa shape index (κ2) is 11.8. The molecule has 1 heterocycles. The van der Waals surface area contributed by atoms with E-state index in [1.54, 1.807) is 18.2 Å². The van der Waals surface area contributed by atoms with Crippen LogP contribution in [0.25, 0.3) is 0 Å². The van der Waals surface area contributed by atoms with E-state index in [2.05, 4.69) is 32.6 Å². The summed E-state index contributed by atoms with van der Waals surface area (Å²) in [6.07, 6.45) is 0. The Hall–Kier alpha value is -2.71. The van der Waals surface area contributed by atoms with E-state index in [4.69, 9.17) is 32.7 Å². The fraction of sp³-hybridized carbons (Fsp3) is 0.217. The molecule has 8 nitrogen and oxygen atoms in total. The van der Waals surface area contributed by atoms with Crippen molar-refractivity contribution in [3.8, 4) is 11.8 Å². The molecule has 2 aromatic rings. The Labute approximate surface area is 224 Å². The molecule has 3 rings (SSSR count). The molecule has 12 heteroatoms. The van der Waals surface area contributed by atoms with E-state index in [1.165, 1.54) is 32.4 Å². The number of thioether (sulfide) groups is 1. The number of amides is 2. The molecule has 182 valence electrons. The van der Waals surface area contributed by atoms with E-state index in [-0.39, 0.29) is 16.4 Å². The molecule has 0 fully saturated rings. The Morgan fingerprint density at radius 3 is 2.46 bits per heavy atom. The predicted octanol–water partition coefficient (Wildman–Crippen LogP) is 4.87. The quantitative estimate of drug-likeness (QED) is 0.345. The number of carbonyl (C=O) groups excluding carboxylic acids is 3. The Morgan fingerprint density at radius 1 is 1.20 bits per heavy atom. The number of carbonyl (C=O) groups is 3. The average molecular weight is 599 g/mol. The zero-order valence-corrected chi connectivity index (χ0v) is 22.3. The standard InChI is InChI=1S/C23H18BrCl2N3O5S/c1-33-17-4-3-11(5-16(17)24)19-15(9-27)22(29-21(31)20(19)23(32)34-2)35-10-18(30)28-14-7-12(25)6-13(26)8-14/h3-8,19-20H,10H2,1-2H3,(H,28,30)(H,29,31)/t19-,20+/m0/s1. The van der Waals surface area contributed by atoms with Gasteiger partial charge in [0.25, 0.3) is 0 Å². The van der Waals surface area contributed by atoms with Crippen LogP contribution in [0.3, 0.4) is 0 Å². The number of allylic oxidation sites excluding steroid dienone is 1. The topological polar surface area (TPSA) is 118 Å². The van der Waals surface area contributed by atoms with Gasteiger partial charge in [-0.05, 0) is 51.8 Å². The smallest absolute Gasteiger partial charge is 0.319 e. The third-order valence-corrected chi connectivity index (χ3v) is 7.09. The van der Waals surface area contributed by atoms with Crippen LogP contribution in [0.5, 0.6) is 5.75 Å². The second-order valence-corrected chi connectivity index (χ2v) is 9.92. The minimum Gasteiger partial charge on any atom is -0.496 e. The summed E-state index contributed by atoms with van der Waals surface area (Å²) in [6, 6.07) is 11.7. The highest BCUT2D eigenvalue weighted by molar-refractivity contribution is 9.10. The van der Waals surface area contributed by atoms with Crippen LogP contribution in [-0.2, 0) is 19.1 Å². The molecule has 0 bridgehead atoms. The van der Waals surface area contributed by atoms with Crippen LogP contribution in [0, 0.1) is 17.2 Å². The van der Waals surface area contributed by atoms with Crippen LogP contribution in [0.4, 0.5) is 5.69 Å². The number of ether oxygens (including phenoxy) is 2. The van der Waals surface area contributed by atoms with Gasteiger partial charge in [0.05, 0.1) is 41.1 Å². The lowest BCUT2D eigenvalue weighted by Gasteiger charge is -2.31. The minimum absolute atomic E-state index is 0.126. The summed E-state index contributed by atoms with van der Waals surface area (Å²) in [6.45, 7) is 0. The van der Waals surface area contributed by atoms with Gasteiger partial charge in [-0.2, -0.15) is 5.26 Å². The molecule has 0 saturated heterocycles. The first kappa shape index (κ1) is 26.9. The van der Waals surface area contributed by atoms with Crippen molar-refractivity contribution in [3.05, 3.63) is 67.1 Å². The van der Waals surface area contributed by atoms with Crippen LogP contribution in [0.15, 0.2) is 51.5 Å². The summed E-state index contributed by atoms with van der Waals surface area (Å²) in [4.78, 5) is 38.0. The number of halogens is 3. The maximum atomic E-state index is 12.9. The van der Waals surface area contributed by atoms with Gasteiger partial charge in [-0.1, -0.05) is 41.0 Å². The van der Waals surface area contributed by atoms with Crippen LogP contribution in [-0.4, -0.2) is 37.8 Å². The van der Waals surface area contributed by atoms with E-state index in [0.717, 1.165) is 11.8 Å². The highest BCUT2D eigenvalue weighted by atomic mass is 79.9. The largest absolute Gasteiger partial charge is 0.496 e. The number of nitrogens with one attached hydrogen (secondary N) is 2. The fourth-order valence-electron chi connectivity index (χ4n) is 3.52. The fourth-order valence-corrected chi connectivity index (χ4v) is 5.45. The summed E-state index contributed by atoms with van der Waals surface area (Å²) in [5.41, 5.74) is 1.05. The van der Waals surface area contributed by atoms with Crippen LogP contribution in [0.1, 0.15) is 11.5 Å². The highest BCUT2D eigenvalue weighted by Gasteiger charge is 2.44. The first-order valence-corrected chi connectivity index (χ1v) is 12.5. The second-order valence-electron chi connectivity index (χ2n) is 7.21. The van der Waals surface area contributed by atoms with Crippen molar-refractivity contribution in [2.45, 2.75) is 5.92 Å². The van der Waals surface area contributed by atoms with Gasteiger partial charge < -0.3 is 20.1 Å². The van der Waals surface area contributed by atoms with Crippen LogP contribution < -0.4 is 15.4 Å². The lowest BCUT2D eigenvalue weighted by molar-refractivity contribution is -0.150. The number of nitriles is 1. The van der Waals surface area contributed by atoms with Crippen LogP contribution >= 0.6 is 50.9 Å². The van der Waals surface area contributed by atoms with E-state index < -0.39 is 29.6 Å². The van der Waals surface area contributed by atoms with E-state index in [9.17, 15) is 19.6 Å². The molecule has 2 aromatic carbocycles. The van der Waals surface area contributed by atoms with Gasteiger partial charge in [0, 0.05) is 21.7 Å². The van der Waals surface area contributed by atoms with Gasteiger partial charge in [-0.3, -0.25) is 14.4 Å². The third-order valence-electron chi connectivity index (χ3n) is 5.01. The van der Waals surface area contributed by atoms with Crippen LogP contribution in [0.2, 0.25) is 10.0 Å². The van der Waals surface area contributed by atoms with Crippen molar-refractivity contribution in [2.24, 2.45) is 5.92 Å². The summed E-state index contributed by atoms with van der Waals surface area (Å²) in [5, 5.41) is 16.1. The van der Waals surface area contributed by atoms with Gasteiger partial charge in [0.1, 0.15) is 11.7 Å². The summed E-state index contributed by atoms with van der Waals surface area (Å²) >= 11 is 16.3. The molecule has 1 aliphatic heterocycles. The molecule has 0 aromatic heterocycles. The van der Waals surface area contributed by atoms with Gasteiger partial charge in [0.2, 0.25) is 11.8 Å². The lowest BCUT2D eigenvalue weighted by atomic mass is 9.78. The molecular formula is C23H18BrCl2N3O5S. The Morgan fingerprint density at radius 2 is 1.89 bits per heavy atom. The normalized spacial score (nSPS) is 17.3. The predicted molar refractivity (Wildman–Crippen MR) is 137 cm³/mol. The van der Waals surface area contributed by atoms with Gasteiger partial charge in [-0.25, -0.2) is 0 Å². The van der Waals surface area contributed by atoms with Crippen molar-refractivity contribution in [3.63, 3.8) is 0 Å². The molecule has 2 N–H and O–H groups in total. The molecule has 0 radical (unpaired) electrons. The SMILES string of the molecule is COC(=O)[C@H]1C(=O)NC(SCC(=O)Nc2cc(Cl)cc(Cl)c2)=C(C#N)[C@@H]1c1ccc(OC)c(Br)c1. The number of methoxy groups -OCH3 is 2. The van der Waals surface area contributed by atoms with Gasteiger partial charge in [-0.15, -0.1) is 0 Å². The number of esters is 1. The molecule has 0 spiro atoms. The Balaban J connectivity index is 1.92. The third kappa shape index (κ3) is 6.30.